The number of esters is 1. The van der Waals surface area contributed by atoms with Gasteiger partial charge in [-0.05, 0) is 23.8 Å². The lowest BCUT2D eigenvalue weighted by Gasteiger charge is -2.09. The number of nitrogens with one attached hydrogen (secondary N) is 2. The van der Waals surface area contributed by atoms with E-state index in [4.69, 9.17) is 11.6 Å². The Balaban J connectivity index is 1.91. The van der Waals surface area contributed by atoms with Gasteiger partial charge < -0.3 is 15.4 Å². The van der Waals surface area contributed by atoms with Crippen LogP contribution < -0.4 is 10.6 Å². The van der Waals surface area contributed by atoms with E-state index in [9.17, 15) is 14.4 Å². The number of anilines is 1. The van der Waals surface area contributed by atoms with Gasteiger partial charge in [-0.15, -0.1) is 0 Å². The summed E-state index contributed by atoms with van der Waals surface area (Å²) in [7, 11) is 1.26. The molecule has 2 aromatic rings. The Labute approximate surface area is 150 Å². The second-order valence-corrected chi connectivity index (χ2v) is 5.58. The minimum atomic E-state index is -0.548. The van der Waals surface area contributed by atoms with Crippen molar-refractivity contribution in [3.05, 3.63) is 64.7 Å². The van der Waals surface area contributed by atoms with Crippen molar-refractivity contribution in [3.8, 4) is 0 Å². The van der Waals surface area contributed by atoms with Gasteiger partial charge in [0.2, 0.25) is 11.8 Å². The molecule has 2 N–H and O–H groups in total. The first-order chi connectivity index (χ1) is 12.0. The van der Waals surface area contributed by atoms with Gasteiger partial charge in [0.25, 0.3) is 0 Å². The highest BCUT2D eigenvalue weighted by Gasteiger charge is 2.13. The fourth-order valence-corrected chi connectivity index (χ4v) is 2.23. The zero-order valence-electron chi connectivity index (χ0n) is 13.5. The van der Waals surface area contributed by atoms with Crippen LogP contribution in [0.2, 0.25) is 5.02 Å². The van der Waals surface area contributed by atoms with E-state index in [1.54, 1.807) is 0 Å². The van der Waals surface area contributed by atoms with Gasteiger partial charge in [-0.1, -0.05) is 41.9 Å². The molecule has 0 aromatic heterocycles. The summed E-state index contributed by atoms with van der Waals surface area (Å²) in [6.07, 6.45) is -0.356. The van der Waals surface area contributed by atoms with E-state index in [0.29, 0.717) is 6.54 Å². The van der Waals surface area contributed by atoms with E-state index in [-0.39, 0.29) is 22.7 Å². The van der Waals surface area contributed by atoms with Crippen molar-refractivity contribution in [1.82, 2.24) is 5.32 Å². The third-order valence-electron chi connectivity index (χ3n) is 3.32. The number of hydrogen-bond donors (Lipinski definition) is 2. The summed E-state index contributed by atoms with van der Waals surface area (Å²) in [5, 5.41) is 5.44. The largest absolute Gasteiger partial charge is 0.465 e. The Morgan fingerprint density at radius 3 is 2.44 bits per heavy atom. The molecule has 130 valence electrons. The SMILES string of the molecule is COC(=O)c1ccc(Cl)c(NC(=O)CC(=O)NCc2ccccc2)c1. The molecule has 0 bridgehead atoms. The van der Waals surface area contributed by atoms with Crippen LogP contribution in [0.4, 0.5) is 5.69 Å². The van der Waals surface area contributed by atoms with Crippen molar-refractivity contribution in [2.45, 2.75) is 13.0 Å². The maximum absolute atomic E-state index is 12.0. The van der Waals surface area contributed by atoms with Crippen LogP contribution in [0.25, 0.3) is 0 Å². The minimum absolute atomic E-state index is 0.241. The topological polar surface area (TPSA) is 84.5 Å². The Hall–Kier alpha value is -2.86. The number of hydrogen-bond acceptors (Lipinski definition) is 4. The molecule has 0 heterocycles. The van der Waals surface area contributed by atoms with E-state index < -0.39 is 17.8 Å². The van der Waals surface area contributed by atoms with Crippen molar-refractivity contribution in [2.24, 2.45) is 0 Å². The lowest BCUT2D eigenvalue weighted by Crippen LogP contribution is -2.27. The molecule has 0 saturated carbocycles. The van der Waals surface area contributed by atoms with Gasteiger partial charge in [-0.2, -0.15) is 0 Å². The van der Waals surface area contributed by atoms with Gasteiger partial charge >= 0.3 is 5.97 Å². The molecule has 0 aliphatic rings. The highest BCUT2D eigenvalue weighted by molar-refractivity contribution is 6.34. The summed E-state index contributed by atoms with van der Waals surface area (Å²) in [6.45, 7) is 0.339. The van der Waals surface area contributed by atoms with Crippen LogP contribution in [0.5, 0.6) is 0 Å². The fraction of sp³-hybridized carbons (Fsp3) is 0.167. The number of carbonyl (C=O) groups is 3. The van der Waals surface area contributed by atoms with Crippen LogP contribution in [0.3, 0.4) is 0 Å². The van der Waals surface area contributed by atoms with Crippen molar-refractivity contribution < 1.29 is 19.1 Å². The van der Waals surface area contributed by atoms with Gasteiger partial charge in [0, 0.05) is 6.54 Å². The summed E-state index contributed by atoms with van der Waals surface area (Å²) in [6, 6.07) is 13.7. The van der Waals surface area contributed by atoms with Crippen LogP contribution in [-0.2, 0) is 20.9 Å². The van der Waals surface area contributed by atoms with Crippen LogP contribution in [0.15, 0.2) is 48.5 Å². The first kappa shape index (κ1) is 18.5. The Morgan fingerprint density at radius 1 is 1.04 bits per heavy atom. The lowest BCUT2D eigenvalue weighted by atomic mass is 10.2. The molecule has 2 aromatic carbocycles. The molecule has 6 nitrogen and oxygen atoms in total. The molecular formula is C18H17ClN2O4. The number of carbonyl (C=O) groups excluding carboxylic acids is 3. The summed E-state index contributed by atoms with van der Waals surface area (Å²) in [4.78, 5) is 35.4. The van der Waals surface area contributed by atoms with Gasteiger partial charge in [0.05, 0.1) is 23.4 Å². The molecule has 0 fully saturated rings. The van der Waals surface area contributed by atoms with Crippen LogP contribution in [0, 0.1) is 0 Å². The van der Waals surface area contributed by atoms with Crippen LogP contribution in [0.1, 0.15) is 22.3 Å². The predicted octanol–water partition coefficient (Wildman–Crippen LogP) is 2.77. The molecule has 7 heteroatoms. The van der Waals surface area contributed by atoms with E-state index >= 15 is 0 Å². The third-order valence-corrected chi connectivity index (χ3v) is 3.64. The van der Waals surface area contributed by atoms with Crippen molar-refractivity contribution in [3.63, 3.8) is 0 Å². The third kappa shape index (κ3) is 5.61. The van der Waals surface area contributed by atoms with E-state index in [0.717, 1.165) is 5.56 Å². The van der Waals surface area contributed by atoms with Crippen molar-refractivity contribution >= 4 is 35.1 Å². The zero-order valence-corrected chi connectivity index (χ0v) is 14.3. The number of ether oxygens (including phenoxy) is 1. The molecule has 0 radical (unpaired) electrons. The number of halogens is 1. The fourth-order valence-electron chi connectivity index (χ4n) is 2.07. The Kier molecular flexibility index (Phi) is 6.54. The molecule has 25 heavy (non-hydrogen) atoms. The van der Waals surface area contributed by atoms with Crippen LogP contribution >= 0.6 is 11.6 Å². The summed E-state index contributed by atoms with van der Waals surface area (Å²) in [5.41, 5.74) is 1.42. The van der Waals surface area contributed by atoms with E-state index in [2.05, 4.69) is 15.4 Å². The normalized spacial score (nSPS) is 10.0. The summed E-state index contributed by atoms with van der Waals surface area (Å²) in [5.74, 6) is -1.50. The van der Waals surface area contributed by atoms with Crippen molar-refractivity contribution in [2.75, 3.05) is 12.4 Å². The van der Waals surface area contributed by atoms with Gasteiger partial charge in [0.1, 0.15) is 6.42 Å². The van der Waals surface area contributed by atoms with Crippen molar-refractivity contribution in [1.29, 1.82) is 0 Å². The van der Waals surface area contributed by atoms with E-state index in [1.165, 1.54) is 25.3 Å². The highest BCUT2D eigenvalue weighted by atomic mass is 35.5. The summed E-state index contributed by atoms with van der Waals surface area (Å²) < 4.78 is 4.62. The number of benzene rings is 2. The van der Waals surface area contributed by atoms with Crippen LogP contribution in [-0.4, -0.2) is 24.9 Å². The molecule has 2 amide bonds. The first-order valence-corrected chi connectivity index (χ1v) is 7.85. The lowest BCUT2D eigenvalue weighted by molar-refractivity contribution is -0.126. The quantitative estimate of drug-likeness (QED) is 0.612. The van der Waals surface area contributed by atoms with E-state index in [1.807, 2.05) is 30.3 Å². The second kappa shape index (κ2) is 8.84. The molecule has 0 unspecified atom stereocenters. The molecule has 0 atom stereocenters. The predicted molar refractivity (Wildman–Crippen MR) is 94.3 cm³/mol. The standard InChI is InChI=1S/C18H17ClN2O4/c1-25-18(24)13-7-8-14(19)15(9-13)21-17(23)10-16(22)20-11-12-5-3-2-4-6-12/h2-9H,10-11H2,1H3,(H,20,22)(H,21,23). The molecule has 0 aliphatic heterocycles. The smallest absolute Gasteiger partial charge is 0.337 e. The summed E-state index contributed by atoms with van der Waals surface area (Å²) >= 11 is 6.00. The van der Waals surface area contributed by atoms with Gasteiger partial charge in [-0.25, -0.2) is 4.79 Å². The monoisotopic (exact) mass is 360 g/mol. The average molecular weight is 361 g/mol. The molecule has 0 aliphatic carbocycles. The van der Waals surface area contributed by atoms with Gasteiger partial charge in [0.15, 0.2) is 0 Å². The minimum Gasteiger partial charge on any atom is -0.465 e. The molecular weight excluding hydrogens is 344 g/mol. The maximum atomic E-state index is 12.0. The zero-order chi connectivity index (χ0) is 18.2. The second-order valence-electron chi connectivity index (χ2n) is 5.17. The van der Waals surface area contributed by atoms with Gasteiger partial charge in [-0.3, -0.25) is 9.59 Å². The molecule has 2 rings (SSSR count). The number of methoxy groups -OCH3 is 1. The Bertz CT molecular complexity index is 778. The molecule has 0 saturated heterocycles. The number of rotatable bonds is 6. The highest BCUT2D eigenvalue weighted by Crippen LogP contribution is 2.23. The number of amides is 2. The average Bonchev–Trinajstić information content (AvgIpc) is 2.62. The maximum Gasteiger partial charge on any atom is 0.337 e. The first-order valence-electron chi connectivity index (χ1n) is 7.48. The molecule has 0 spiro atoms. The Morgan fingerprint density at radius 2 is 1.76 bits per heavy atom.